The molecule has 0 aliphatic heterocycles. The molecule has 0 fully saturated rings. The summed E-state index contributed by atoms with van der Waals surface area (Å²) in [5.41, 5.74) is 2.84. The minimum absolute atomic E-state index is 0. The van der Waals surface area contributed by atoms with Crippen LogP contribution in [-0.2, 0) is 4.74 Å². The molecule has 1 amide bonds. The van der Waals surface area contributed by atoms with E-state index in [0.29, 0.717) is 0 Å². The van der Waals surface area contributed by atoms with Crippen LogP contribution in [0.3, 0.4) is 0 Å². The number of carbonyl (C=O) groups is 1. The maximum Gasteiger partial charge on any atom is 1.00 e. The molecule has 2 aromatic carbocycles. The second kappa shape index (κ2) is 8.86. The average molecular weight is 361 g/mol. The van der Waals surface area contributed by atoms with E-state index in [0.717, 1.165) is 11.1 Å². The van der Waals surface area contributed by atoms with Crippen LogP contribution < -0.4 is 18.9 Å². The normalized spacial score (nSPS) is 11.3. The Labute approximate surface area is 171 Å². The van der Waals surface area contributed by atoms with Gasteiger partial charge in [-0.15, -0.1) is 12.1 Å². The summed E-state index contributed by atoms with van der Waals surface area (Å²) in [6.07, 6.45) is -0.279. The number of carbonyl (C=O) groups excluding carboxylic acids is 1. The molecule has 3 nitrogen and oxygen atoms in total. The largest absolute Gasteiger partial charge is 1.00 e. The molecule has 0 aliphatic carbocycles. The van der Waals surface area contributed by atoms with Crippen molar-refractivity contribution in [2.24, 2.45) is 0 Å². The van der Waals surface area contributed by atoms with Gasteiger partial charge in [0.25, 0.3) is 0 Å². The molecule has 2 aromatic rings. The van der Waals surface area contributed by atoms with Crippen LogP contribution in [0.1, 0.15) is 26.3 Å². The van der Waals surface area contributed by atoms with E-state index in [1.165, 1.54) is 5.56 Å². The molecule has 0 saturated heterocycles. The van der Waals surface area contributed by atoms with Crippen molar-refractivity contribution in [3.05, 3.63) is 66.7 Å². The number of ether oxygens (including phenoxy) is 1. The average Bonchev–Trinajstić information content (AvgIpc) is 2.51. The van der Waals surface area contributed by atoms with E-state index in [1.54, 1.807) is 4.57 Å². The van der Waals surface area contributed by atoms with Crippen LogP contribution in [0.15, 0.2) is 54.6 Å². The zero-order valence-corrected chi connectivity index (χ0v) is 18.0. The number of nitrogens with zero attached hydrogens (tertiary/aromatic N) is 1. The SMILES string of the molecule is CC(C)(C)OC(=O)N([CH-]c1ccc(-c2ccccc2)cc1)[Si](C)(C)C.[Li+]. The summed E-state index contributed by atoms with van der Waals surface area (Å²) >= 11 is 0. The maximum absolute atomic E-state index is 12.6. The fourth-order valence-corrected chi connectivity index (χ4v) is 3.50. The minimum Gasteiger partial charge on any atom is -0.445 e. The quantitative estimate of drug-likeness (QED) is 0.619. The Morgan fingerprint density at radius 2 is 1.42 bits per heavy atom. The standard InChI is InChI=1S/C21H28NO2Si.Li/c1-21(2,3)24-20(23)22(25(4,5)6)16-17-12-14-19(15-13-17)18-10-8-7-9-11-18;/h7-16H,1-6H3;/q-1;+1. The van der Waals surface area contributed by atoms with E-state index in [9.17, 15) is 4.79 Å². The zero-order valence-electron chi connectivity index (χ0n) is 17.0. The van der Waals surface area contributed by atoms with Crippen LogP contribution in [0.4, 0.5) is 4.79 Å². The second-order valence-electron chi connectivity index (χ2n) is 8.14. The van der Waals surface area contributed by atoms with Gasteiger partial charge in [-0.1, -0.05) is 56.5 Å². The van der Waals surface area contributed by atoms with Gasteiger partial charge in [0.05, 0.1) is 0 Å². The number of hydrogen-bond acceptors (Lipinski definition) is 2. The maximum atomic E-state index is 12.6. The van der Waals surface area contributed by atoms with Crippen LogP contribution in [0, 0.1) is 6.54 Å². The van der Waals surface area contributed by atoms with Gasteiger partial charge in [-0.3, -0.25) is 0 Å². The van der Waals surface area contributed by atoms with Gasteiger partial charge < -0.3 is 9.30 Å². The van der Waals surface area contributed by atoms with E-state index in [2.05, 4.69) is 43.9 Å². The first-order chi connectivity index (χ1) is 11.6. The van der Waals surface area contributed by atoms with E-state index < -0.39 is 13.8 Å². The third-order valence-electron chi connectivity index (χ3n) is 3.61. The molecular formula is C21H28LiNO2Si. The topological polar surface area (TPSA) is 29.5 Å². The smallest absolute Gasteiger partial charge is 0.445 e. The monoisotopic (exact) mass is 361 g/mol. The fraction of sp³-hybridized carbons (Fsp3) is 0.333. The molecular weight excluding hydrogens is 333 g/mol. The molecule has 0 aliphatic rings. The van der Waals surface area contributed by atoms with Crippen LogP contribution >= 0.6 is 0 Å². The second-order valence-corrected chi connectivity index (χ2v) is 13.0. The van der Waals surface area contributed by atoms with Gasteiger partial charge in [0.15, 0.2) is 0 Å². The summed E-state index contributed by atoms with van der Waals surface area (Å²) in [5, 5.41) is 0. The van der Waals surface area contributed by atoms with Crippen molar-refractivity contribution in [2.45, 2.75) is 46.0 Å². The van der Waals surface area contributed by atoms with Crippen molar-refractivity contribution >= 4 is 14.3 Å². The predicted molar refractivity (Wildman–Crippen MR) is 107 cm³/mol. The van der Waals surface area contributed by atoms with E-state index in [-0.39, 0.29) is 25.0 Å². The summed E-state index contributed by atoms with van der Waals surface area (Å²) in [7, 11) is -1.91. The number of benzene rings is 2. The minimum atomic E-state index is -1.91. The van der Waals surface area contributed by atoms with E-state index >= 15 is 0 Å². The van der Waals surface area contributed by atoms with Crippen molar-refractivity contribution < 1.29 is 28.4 Å². The Bertz CT molecular complexity index is 704. The molecule has 2 rings (SSSR count). The Balaban J connectivity index is 0.00000338. The molecule has 0 unspecified atom stereocenters. The summed E-state index contributed by atoms with van der Waals surface area (Å²) in [6, 6.07) is 18.5. The Morgan fingerprint density at radius 3 is 1.88 bits per heavy atom. The van der Waals surface area contributed by atoms with E-state index in [4.69, 9.17) is 4.74 Å². The van der Waals surface area contributed by atoms with Gasteiger partial charge in [0.2, 0.25) is 0 Å². The van der Waals surface area contributed by atoms with Gasteiger partial charge >= 0.3 is 25.0 Å². The summed E-state index contributed by atoms with van der Waals surface area (Å²) in [4.78, 5) is 12.6. The molecule has 5 heteroatoms. The first-order valence-corrected chi connectivity index (χ1v) is 12.0. The molecule has 26 heavy (non-hydrogen) atoms. The zero-order chi connectivity index (χ0) is 18.7. The first kappa shape index (κ1) is 22.4. The number of rotatable bonds is 4. The van der Waals surface area contributed by atoms with Crippen molar-refractivity contribution in [1.29, 1.82) is 0 Å². The molecule has 0 radical (unpaired) electrons. The third kappa shape index (κ3) is 6.60. The molecule has 0 atom stereocenters. The van der Waals surface area contributed by atoms with Crippen molar-refractivity contribution in [3.8, 4) is 11.1 Å². The van der Waals surface area contributed by atoms with Gasteiger partial charge in [0.1, 0.15) is 13.8 Å². The van der Waals surface area contributed by atoms with Gasteiger partial charge in [-0.2, -0.15) is 17.7 Å². The van der Waals surface area contributed by atoms with Crippen molar-refractivity contribution in [1.82, 2.24) is 4.57 Å². The van der Waals surface area contributed by atoms with Gasteiger partial charge in [-0.25, -0.2) is 4.79 Å². The van der Waals surface area contributed by atoms with E-state index in [1.807, 2.05) is 57.6 Å². The summed E-state index contributed by atoms with van der Waals surface area (Å²) in [6.45, 7) is 14.0. The van der Waals surface area contributed by atoms with Gasteiger partial charge in [-0.05, 0) is 31.9 Å². The Morgan fingerprint density at radius 1 is 0.923 bits per heavy atom. The van der Waals surface area contributed by atoms with Crippen LogP contribution in [0.2, 0.25) is 19.6 Å². The van der Waals surface area contributed by atoms with Crippen LogP contribution in [-0.4, -0.2) is 24.5 Å². The molecule has 0 saturated carbocycles. The molecule has 0 spiro atoms. The number of hydrogen-bond donors (Lipinski definition) is 0. The molecule has 0 heterocycles. The molecule has 0 N–H and O–H groups in total. The first-order valence-electron chi connectivity index (χ1n) is 8.59. The summed E-state index contributed by atoms with van der Waals surface area (Å²) in [5.74, 6) is 0. The molecule has 0 bridgehead atoms. The Kier molecular flexibility index (Phi) is 7.64. The molecule has 134 valence electrons. The number of amides is 1. The predicted octanol–water partition coefficient (Wildman–Crippen LogP) is 2.94. The van der Waals surface area contributed by atoms with Crippen molar-refractivity contribution in [3.63, 3.8) is 0 Å². The van der Waals surface area contributed by atoms with Crippen LogP contribution in [0.25, 0.3) is 11.1 Å². The van der Waals surface area contributed by atoms with Crippen molar-refractivity contribution in [2.75, 3.05) is 0 Å². The summed E-state index contributed by atoms with van der Waals surface area (Å²) < 4.78 is 7.37. The molecule has 0 aromatic heterocycles. The fourth-order valence-electron chi connectivity index (χ4n) is 2.37. The Hall–Kier alpha value is -1.61. The van der Waals surface area contributed by atoms with Gasteiger partial charge in [0, 0.05) is 0 Å². The van der Waals surface area contributed by atoms with Crippen LogP contribution in [0.5, 0.6) is 0 Å². The third-order valence-corrected chi connectivity index (χ3v) is 5.37.